The second kappa shape index (κ2) is 11.8. The van der Waals surface area contributed by atoms with Gasteiger partial charge in [0.15, 0.2) is 22.5 Å². The van der Waals surface area contributed by atoms with Crippen LogP contribution in [0.2, 0.25) is 0 Å². The Balaban J connectivity index is 1.60. The number of benzene rings is 1. The molecule has 13 heteroatoms. The maximum atomic E-state index is 14.8. The highest BCUT2D eigenvalue weighted by molar-refractivity contribution is 7.11. The second-order valence-electron chi connectivity index (χ2n) is 10.7. The largest absolute Gasteiger partial charge is 0.497 e. The molecule has 0 saturated carbocycles. The first kappa shape index (κ1) is 29.6. The molecule has 0 radical (unpaired) electrons. The molecular weight excluding hydrogens is 566 g/mol. The summed E-state index contributed by atoms with van der Waals surface area (Å²) in [5.41, 5.74) is 1.70. The summed E-state index contributed by atoms with van der Waals surface area (Å²) in [7, 11) is 2.81. The Bertz CT molecular complexity index is 1460. The number of aliphatic imine (C=N–C) groups is 1. The van der Waals surface area contributed by atoms with Crippen molar-refractivity contribution in [3.63, 3.8) is 0 Å². The average Bonchev–Trinajstić information content (AvgIpc) is 3.63. The first-order valence-electron chi connectivity index (χ1n) is 13.6. The molecule has 3 aliphatic rings. The summed E-state index contributed by atoms with van der Waals surface area (Å²) in [4.78, 5) is 41.1. The predicted octanol–water partition coefficient (Wildman–Crippen LogP) is 3.61. The molecule has 10 nitrogen and oxygen atoms in total. The number of thiazole rings is 1. The smallest absolute Gasteiger partial charge is 0.325 e. The number of nitrogens with one attached hydrogen (secondary N) is 1. The first-order valence-corrected chi connectivity index (χ1v) is 14.5. The Morgan fingerprint density at radius 1 is 1.24 bits per heavy atom. The second-order valence-corrected chi connectivity index (χ2v) is 11.6. The number of carbonyl (C=O) groups excluding carboxylic acids is 2. The number of fused-ring (bicyclic) bond motifs is 1. The SMILES string of the molecule is C=C(OC)C1=C(CN2CCN3C(=O)N(C(C)C)C[C@@H]3C2C(=O)OC)NC(c2nccs2)=N[C@H]1c1ccc(F)c(F)c1C. The van der Waals surface area contributed by atoms with Crippen LogP contribution in [0, 0.1) is 18.6 Å². The summed E-state index contributed by atoms with van der Waals surface area (Å²) < 4.78 is 39.8. The molecule has 0 spiro atoms. The quantitative estimate of drug-likeness (QED) is 0.365. The van der Waals surface area contributed by atoms with E-state index in [2.05, 4.69) is 16.9 Å². The molecule has 2 amide bonds. The highest BCUT2D eigenvalue weighted by atomic mass is 32.1. The third-order valence-electron chi connectivity index (χ3n) is 8.07. The number of amides is 2. The van der Waals surface area contributed by atoms with E-state index in [-0.39, 0.29) is 29.9 Å². The molecule has 1 unspecified atom stereocenters. The first-order chi connectivity index (χ1) is 20.1. The minimum atomic E-state index is -0.955. The Labute approximate surface area is 247 Å². The van der Waals surface area contributed by atoms with Crippen molar-refractivity contribution in [3.8, 4) is 0 Å². The van der Waals surface area contributed by atoms with Crippen molar-refractivity contribution in [2.45, 2.75) is 44.9 Å². The highest BCUT2D eigenvalue weighted by Gasteiger charge is 2.50. The van der Waals surface area contributed by atoms with Gasteiger partial charge in [0.05, 0.1) is 20.3 Å². The lowest BCUT2D eigenvalue weighted by molar-refractivity contribution is -0.150. The van der Waals surface area contributed by atoms with Crippen molar-refractivity contribution in [1.82, 2.24) is 25.0 Å². The molecule has 2 saturated heterocycles. The molecule has 3 aliphatic heterocycles. The molecule has 0 aliphatic carbocycles. The van der Waals surface area contributed by atoms with Gasteiger partial charge >= 0.3 is 12.0 Å². The number of nitrogens with zero attached hydrogens (tertiary/aromatic N) is 5. The number of methoxy groups -OCH3 is 2. The van der Waals surface area contributed by atoms with Gasteiger partial charge in [0, 0.05) is 55.1 Å². The van der Waals surface area contributed by atoms with Crippen molar-refractivity contribution in [2.24, 2.45) is 4.99 Å². The Morgan fingerprint density at radius 2 is 2.00 bits per heavy atom. The van der Waals surface area contributed by atoms with Gasteiger partial charge < -0.3 is 24.6 Å². The number of ether oxygens (including phenoxy) is 2. The van der Waals surface area contributed by atoms with Crippen molar-refractivity contribution in [1.29, 1.82) is 0 Å². The highest BCUT2D eigenvalue weighted by Crippen LogP contribution is 2.39. The van der Waals surface area contributed by atoms with Crippen molar-refractivity contribution in [2.75, 3.05) is 40.4 Å². The number of urea groups is 1. The number of rotatable bonds is 8. The Hall–Kier alpha value is -3.84. The van der Waals surface area contributed by atoms with Crippen molar-refractivity contribution < 1.29 is 27.8 Å². The van der Waals surface area contributed by atoms with E-state index < -0.39 is 35.7 Å². The molecule has 2 fully saturated rings. The zero-order chi connectivity index (χ0) is 30.3. The van der Waals surface area contributed by atoms with Gasteiger partial charge in [-0.15, -0.1) is 11.3 Å². The van der Waals surface area contributed by atoms with E-state index in [1.54, 1.807) is 16.0 Å². The van der Waals surface area contributed by atoms with Gasteiger partial charge in [-0.25, -0.2) is 18.6 Å². The van der Waals surface area contributed by atoms with Gasteiger partial charge in [0.2, 0.25) is 0 Å². The summed E-state index contributed by atoms with van der Waals surface area (Å²) >= 11 is 1.37. The van der Waals surface area contributed by atoms with E-state index >= 15 is 0 Å². The molecule has 5 rings (SSSR count). The monoisotopic (exact) mass is 600 g/mol. The third-order valence-corrected chi connectivity index (χ3v) is 8.85. The molecule has 42 heavy (non-hydrogen) atoms. The summed E-state index contributed by atoms with van der Waals surface area (Å²) in [5.74, 6) is -1.64. The van der Waals surface area contributed by atoms with Gasteiger partial charge in [-0.05, 0) is 38.0 Å². The Morgan fingerprint density at radius 3 is 2.64 bits per heavy atom. The van der Waals surface area contributed by atoms with Gasteiger partial charge in [-0.1, -0.05) is 12.6 Å². The van der Waals surface area contributed by atoms with Crippen LogP contribution in [0.3, 0.4) is 0 Å². The standard InChI is InChI=1S/C29H34F2N6O4S/c1-15(2)37-14-21-25(28(38)41-6)35(10-11-36(21)29(37)39)13-20-22(17(4)40-5)24(18-7-8-19(30)23(31)16(18)3)34-26(33-20)27-32-9-12-42-27/h7-9,12,15,21,24-25H,4,10-11,13-14H2,1-3,5-6H3,(H,33,34)/t21-,24+,25?/m1/s1. The van der Waals surface area contributed by atoms with Crippen LogP contribution < -0.4 is 5.32 Å². The van der Waals surface area contributed by atoms with E-state index in [0.717, 1.165) is 6.07 Å². The van der Waals surface area contributed by atoms with Crippen LogP contribution in [0.5, 0.6) is 0 Å². The van der Waals surface area contributed by atoms with Gasteiger partial charge in [-0.2, -0.15) is 0 Å². The Kier molecular flexibility index (Phi) is 8.33. The normalized spacial score (nSPS) is 22.7. The van der Waals surface area contributed by atoms with Crippen LogP contribution in [0.25, 0.3) is 0 Å². The zero-order valence-corrected chi connectivity index (χ0v) is 25.0. The number of halogens is 2. The number of aromatic nitrogens is 1. The van der Waals surface area contributed by atoms with Gasteiger partial charge in [0.1, 0.15) is 17.8 Å². The van der Waals surface area contributed by atoms with Crippen molar-refractivity contribution in [3.05, 3.63) is 75.1 Å². The minimum Gasteiger partial charge on any atom is -0.497 e. The molecule has 224 valence electrons. The number of hydrogen-bond donors (Lipinski definition) is 1. The minimum absolute atomic E-state index is 0.0219. The zero-order valence-electron chi connectivity index (χ0n) is 24.2. The number of piperazine rings is 1. The third kappa shape index (κ3) is 5.15. The van der Waals surface area contributed by atoms with Crippen LogP contribution in [0.1, 0.15) is 36.0 Å². The fourth-order valence-electron chi connectivity index (χ4n) is 5.87. The lowest BCUT2D eigenvalue weighted by Crippen LogP contribution is -2.62. The van der Waals surface area contributed by atoms with Crippen LogP contribution in [0.15, 0.2) is 52.3 Å². The van der Waals surface area contributed by atoms with Gasteiger partial charge in [-0.3, -0.25) is 14.7 Å². The lowest BCUT2D eigenvalue weighted by atomic mass is 9.90. The molecule has 4 heterocycles. The van der Waals surface area contributed by atoms with Gasteiger partial charge in [0.25, 0.3) is 0 Å². The molecule has 2 aromatic rings. The molecule has 1 aromatic heterocycles. The number of esters is 1. The average molecular weight is 601 g/mol. The van der Waals surface area contributed by atoms with Crippen molar-refractivity contribution >= 4 is 29.2 Å². The van der Waals surface area contributed by atoms with E-state index in [9.17, 15) is 18.4 Å². The van der Waals surface area contributed by atoms with Crippen LogP contribution in [-0.4, -0.2) is 96.0 Å². The summed E-state index contributed by atoms with van der Waals surface area (Å²) in [6.07, 6.45) is 1.65. The maximum absolute atomic E-state index is 14.8. The predicted molar refractivity (Wildman–Crippen MR) is 154 cm³/mol. The number of carbonyl (C=O) groups is 2. The molecule has 0 bridgehead atoms. The summed E-state index contributed by atoms with van der Waals surface area (Å²) in [6, 6.07) is 0.517. The fraction of sp³-hybridized carbons (Fsp3) is 0.448. The topological polar surface area (TPSA) is 99.6 Å². The summed E-state index contributed by atoms with van der Waals surface area (Å²) in [5, 5.41) is 5.78. The molecule has 1 N–H and O–H groups in total. The van der Waals surface area contributed by atoms with E-state index in [1.807, 2.05) is 24.1 Å². The van der Waals surface area contributed by atoms with Crippen LogP contribution >= 0.6 is 11.3 Å². The lowest BCUT2D eigenvalue weighted by Gasteiger charge is -2.43. The number of amidine groups is 1. The van der Waals surface area contributed by atoms with E-state index in [1.165, 1.54) is 38.5 Å². The molecular formula is C29H34F2N6O4S. The summed E-state index contributed by atoms with van der Waals surface area (Å²) in [6.45, 7) is 10.9. The van der Waals surface area contributed by atoms with Crippen LogP contribution in [0.4, 0.5) is 13.6 Å². The number of hydrogen-bond acceptors (Lipinski definition) is 9. The maximum Gasteiger partial charge on any atom is 0.325 e. The van der Waals surface area contributed by atoms with E-state index in [4.69, 9.17) is 14.5 Å². The molecule has 3 atom stereocenters. The fourth-order valence-corrected chi connectivity index (χ4v) is 6.46. The van der Waals surface area contributed by atoms with Crippen LogP contribution in [-0.2, 0) is 14.3 Å². The van der Waals surface area contributed by atoms with E-state index in [0.29, 0.717) is 47.3 Å². The molecule has 1 aromatic carbocycles.